The van der Waals surface area contributed by atoms with Crippen molar-refractivity contribution in [3.05, 3.63) is 71.6 Å². The smallest absolute Gasteiger partial charge is 0.247 e. The number of rotatable bonds is 9. The Labute approximate surface area is 206 Å². The molecule has 0 aliphatic carbocycles. The number of sulfonamides is 1. The molecular weight excluding hydrogens is 469 g/mol. The molecule has 1 heterocycles. The fraction of sp³-hybridized carbons (Fsp3) is 0.385. The lowest BCUT2D eigenvalue weighted by atomic mass is 10.2. The molecule has 1 aliphatic heterocycles. The van der Waals surface area contributed by atoms with Crippen LogP contribution in [0.4, 0.5) is 4.39 Å². The van der Waals surface area contributed by atoms with Gasteiger partial charge < -0.3 is 10.2 Å². The van der Waals surface area contributed by atoms with Gasteiger partial charge in [-0.3, -0.25) is 9.59 Å². The Kier molecular flexibility index (Phi) is 9.56. The fourth-order valence-corrected chi connectivity index (χ4v) is 5.35. The van der Waals surface area contributed by atoms with Gasteiger partial charge in [0.05, 0.1) is 11.4 Å². The van der Waals surface area contributed by atoms with Gasteiger partial charge >= 0.3 is 0 Å². The first-order valence-corrected chi connectivity index (χ1v) is 13.3. The van der Waals surface area contributed by atoms with Gasteiger partial charge in [-0.1, -0.05) is 37.1 Å². The molecule has 7 nitrogen and oxygen atoms in total. The number of halogens is 1. The maximum atomic E-state index is 13.0. The van der Waals surface area contributed by atoms with Crippen molar-refractivity contribution in [2.75, 3.05) is 26.2 Å². The highest BCUT2D eigenvalue weighted by Crippen LogP contribution is 2.21. The minimum absolute atomic E-state index is 0.103. The van der Waals surface area contributed by atoms with Crippen molar-refractivity contribution in [1.82, 2.24) is 14.5 Å². The van der Waals surface area contributed by atoms with Crippen molar-refractivity contribution in [3.63, 3.8) is 0 Å². The van der Waals surface area contributed by atoms with Gasteiger partial charge in [0.1, 0.15) is 5.82 Å². The highest BCUT2D eigenvalue weighted by Gasteiger charge is 2.24. The molecule has 3 rings (SSSR count). The maximum absolute atomic E-state index is 13.0. The van der Waals surface area contributed by atoms with E-state index in [1.54, 1.807) is 53.7 Å². The lowest BCUT2D eigenvalue weighted by molar-refractivity contribution is -0.132. The molecule has 9 heteroatoms. The van der Waals surface area contributed by atoms with Crippen LogP contribution in [-0.4, -0.2) is 55.6 Å². The van der Waals surface area contributed by atoms with E-state index in [2.05, 4.69) is 5.32 Å². The molecule has 0 unspecified atom stereocenters. The zero-order valence-electron chi connectivity index (χ0n) is 20.0. The monoisotopic (exact) mass is 501 g/mol. The summed E-state index contributed by atoms with van der Waals surface area (Å²) in [5.41, 5.74) is 1.44. The highest BCUT2D eigenvalue weighted by molar-refractivity contribution is 7.89. The van der Waals surface area contributed by atoms with Gasteiger partial charge in [0.2, 0.25) is 21.8 Å². The topological polar surface area (TPSA) is 86.8 Å². The van der Waals surface area contributed by atoms with Crippen LogP contribution in [0.15, 0.2) is 59.5 Å². The SMILES string of the molecule is CCN(CC(=O)NCc1ccc(F)cc1)C(=O)/C=C/c1ccc(S(=O)(=O)N2CCCCCC2)cc1. The molecule has 2 aromatic rings. The van der Waals surface area contributed by atoms with Crippen LogP contribution in [0, 0.1) is 5.82 Å². The summed E-state index contributed by atoms with van der Waals surface area (Å²) in [5.74, 6) is -0.991. The number of amides is 2. The summed E-state index contributed by atoms with van der Waals surface area (Å²) < 4.78 is 40.3. The lowest BCUT2D eigenvalue weighted by Crippen LogP contribution is -2.39. The first-order valence-electron chi connectivity index (χ1n) is 11.9. The second kappa shape index (κ2) is 12.6. The van der Waals surface area contributed by atoms with Crippen LogP contribution < -0.4 is 5.32 Å². The summed E-state index contributed by atoms with van der Waals surface area (Å²) >= 11 is 0. The number of benzene rings is 2. The third kappa shape index (κ3) is 7.73. The summed E-state index contributed by atoms with van der Waals surface area (Å²) in [5, 5.41) is 2.72. The Hall–Kier alpha value is -3.04. The second-order valence-corrected chi connectivity index (χ2v) is 10.4. The average molecular weight is 502 g/mol. The third-order valence-corrected chi connectivity index (χ3v) is 7.84. The Balaban J connectivity index is 1.55. The molecule has 2 amide bonds. The number of carbonyl (C=O) groups is 2. The van der Waals surface area contributed by atoms with Gasteiger partial charge in [0.25, 0.3) is 0 Å². The van der Waals surface area contributed by atoms with Gasteiger partial charge in [-0.05, 0) is 61.2 Å². The summed E-state index contributed by atoms with van der Waals surface area (Å²) in [7, 11) is -3.52. The molecule has 2 aromatic carbocycles. The van der Waals surface area contributed by atoms with Crippen molar-refractivity contribution >= 4 is 27.9 Å². The van der Waals surface area contributed by atoms with E-state index < -0.39 is 10.0 Å². The van der Waals surface area contributed by atoms with E-state index in [1.807, 2.05) is 0 Å². The van der Waals surface area contributed by atoms with Gasteiger partial charge in [-0.2, -0.15) is 4.31 Å². The molecule has 0 aromatic heterocycles. The zero-order valence-corrected chi connectivity index (χ0v) is 20.8. The molecule has 1 N–H and O–H groups in total. The maximum Gasteiger partial charge on any atom is 0.247 e. The summed E-state index contributed by atoms with van der Waals surface area (Å²) in [6, 6.07) is 12.3. The molecular formula is C26H32FN3O4S. The third-order valence-electron chi connectivity index (χ3n) is 5.93. The molecule has 188 valence electrons. The van der Waals surface area contributed by atoms with Crippen molar-refractivity contribution in [3.8, 4) is 0 Å². The molecule has 1 aliphatic rings. The minimum Gasteiger partial charge on any atom is -0.350 e. The molecule has 1 fully saturated rings. The van der Waals surface area contributed by atoms with Crippen molar-refractivity contribution < 1.29 is 22.4 Å². The molecule has 35 heavy (non-hydrogen) atoms. The quantitative estimate of drug-likeness (QED) is 0.533. The predicted octanol–water partition coefficient (Wildman–Crippen LogP) is 3.57. The van der Waals surface area contributed by atoms with E-state index in [-0.39, 0.29) is 35.6 Å². The van der Waals surface area contributed by atoms with Crippen LogP contribution in [0.1, 0.15) is 43.7 Å². The van der Waals surface area contributed by atoms with E-state index in [9.17, 15) is 22.4 Å². The molecule has 1 saturated heterocycles. The van der Waals surface area contributed by atoms with Crippen LogP contribution in [0.5, 0.6) is 0 Å². The fourth-order valence-electron chi connectivity index (χ4n) is 3.83. The van der Waals surface area contributed by atoms with E-state index >= 15 is 0 Å². The number of hydrogen-bond acceptors (Lipinski definition) is 4. The zero-order chi connectivity index (χ0) is 25.3. The highest BCUT2D eigenvalue weighted by atomic mass is 32.2. The van der Waals surface area contributed by atoms with E-state index in [4.69, 9.17) is 0 Å². The van der Waals surface area contributed by atoms with Crippen molar-refractivity contribution in [2.24, 2.45) is 0 Å². The largest absolute Gasteiger partial charge is 0.350 e. The number of carbonyl (C=O) groups excluding carboxylic acids is 2. The van der Waals surface area contributed by atoms with Gasteiger partial charge in [-0.15, -0.1) is 0 Å². The summed E-state index contributed by atoms with van der Waals surface area (Å²) in [6.07, 6.45) is 6.82. The first-order chi connectivity index (χ1) is 16.8. The Morgan fingerprint density at radius 2 is 1.63 bits per heavy atom. The average Bonchev–Trinajstić information content (AvgIpc) is 3.16. The van der Waals surface area contributed by atoms with Crippen LogP contribution in [0.25, 0.3) is 6.08 Å². The number of nitrogens with one attached hydrogen (secondary N) is 1. The molecule has 0 saturated carbocycles. The normalized spacial score (nSPS) is 15.0. The Morgan fingerprint density at radius 1 is 1.00 bits per heavy atom. The lowest BCUT2D eigenvalue weighted by Gasteiger charge is -2.20. The minimum atomic E-state index is -3.52. The summed E-state index contributed by atoms with van der Waals surface area (Å²) in [4.78, 5) is 26.5. The molecule has 0 radical (unpaired) electrons. The predicted molar refractivity (Wildman–Crippen MR) is 133 cm³/mol. The summed E-state index contributed by atoms with van der Waals surface area (Å²) in [6.45, 7) is 3.36. The number of hydrogen-bond donors (Lipinski definition) is 1. The van der Waals surface area contributed by atoms with Crippen LogP contribution in [-0.2, 0) is 26.2 Å². The van der Waals surface area contributed by atoms with E-state index in [1.165, 1.54) is 23.1 Å². The number of nitrogens with zero attached hydrogens (tertiary/aromatic N) is 2. The van der Waals surface area contributed by atoms with Gasteiger partial charge in [0, 0.05) is 32.3 Å². The van der Waals surface area contributed by atoms with Crippen molar-refractivity contribution in [1.29, 1.82) is 0 Å². The van der Waals surface area contributed by atoms with Gasteiger partial charge in [0.15, 0.2) is 0 Å². The van der Waals surface area contributed by atoms with E-state index in [0.717, 1.165) is 31.2 Å². The van der Waals surface area contributed by atoms with Crippen LogP contribution in [0.2, 0.25) is 0 Å². The Bertz CT molecular complexity index is 1120. The molecule has 0 bridgehead atoms. The van der Waals surface area contributed by atoms with Crippen LogP contribution >= 0.6 is 0 Å². The molecule has 0 spiro atoms. The second-order valence-electron chi connectivity index (χ2n) is 8.48. The Morgan fingerprint density at radius 3 is 2.23 bits per heavy atom. The first kappa shape index (κ1) is 26.6. The van der Waals surface area contributed by atoms with Crippen LogP contribution in [0.3, 0.4) is 0 Å². The van der Waals surface area contributed by atoms with E-state index in [0.29, 0.717) is 25.2 Å². The standard InChI is InChI=1S/C26H32FN3O4S/c1-2-29(20-25(31)28-19-22-7-12-23(27)13-8-22)26(32)16-11-21-9-14-24(15-10-21)35(33,34)30-17-5-3-4-6-18-30/h7-16H,2-6,17-20H2,1H3,(H,28,31)/b16-11+. The number of likely N-dealkylation sites (N-methyl/N-ethyl adjacent to an activating group) is 1. The molecule has 0 atom stereocenters. The van der Waals surface area contributed by atoms with Gasteiger partial charge in [-0.25, -0.2) is 12.8 Å². The van der Waals surface area contributed by atoms with Crippen molar-refractivity contribution in [2.45, 2.75) is 44.0 Å².